The van der Waals surface area contributed by atoms with Gasteiger partial charge in [-0.3, -0.25) is 0 Å². The lowest BCUT2D eigenvalue weighted by atomic mass is 10.1. The maximum Gasteiger partial charge on any atom is 0.119 e. The van der Waals surface area contributed by atoms with Crippen molar-refractivity contribution >= 4 is 0 Å². The van der Waals surface area contributed by atoms with Crippen molar-refractivity contribution < 1.29 is 9.60 Å². The summed E-state index contributed by atoms with van der Waals surface area (Å²) in [5.41, 5.74) is 2.90. The molecule has 1 rings (SSSR count). The molecule has 0 aromatic carbocycles. The van der Waals surface area contributed by atoms with Crippen LogP contribution in [0.15, 0.2) is 23.6 Å². The molecule has 10 heavy (non-hydrogen) atoms. The molecular weight excluding hydrogens is 133 g/mol. The van der Waals surface area contributed by atoms with E-state index < -0.39 is 0 Å². The SMILES string of the molecule is ONCC1=CC(F)=CCC1. The number of hydrogen-bond donors (Lipinski definition) is 2. The van der Waals surface area contributed by atoms with Crippen LogP contribution in [0.3, 0.4) is 0 Å². The normalized spacial score (nSPS) is 18.2. The molecule has 0 saturated heterocycles. The molecule has 0 amide bonds. The number of hydrogen-bond acceptors (Lipinski definition) is 2. The van der Waals surface area contributed by atoms with E-state index in [9.17, 15) is 4.39 Å². The van der Waals surface area contributed by atoms with Gasteiger partial charge in [-0.05, 0) is 25.0 Å². The third kappa shape index (κ3) is 1.93. The molecule has 0 fully saturated rings. The van der Waals surface area contributed by atoms with Gasteiger partial charge in [0, 0.05) is 6.54 Å². The molecule has 1 aliphatic carbocycles. The number of nitrogens with one attached hydrogen (secondary N) is 1. The topological polar surface area (TPSA) is 32.3 Å². The third-order valence-electron chi connectivity index (χ3n) is 1.45. The standard InChI is InChI=1S/C7H10FNO/c8-7-3-1-2-6(4-7)5-9-10/h3-4,9-10H,1-2,5H2. The van der Waals surface area contributed by atoms with Crippen LogP contribution in [0, 0.1) is 0 Å². The van der Waals surface area contributed by atoms with E-state index in [1.54, 1.807) is 6.08 Å². The van der Waals surface area contributed by atoms with Crippen molar-refractivity contribution in [3.63, 3.8) is 0 Å². The molecule has 0 aromatic heterocycles. The maximum atomic E-state index is 12.4. The van der Waals surface area contributed by atoms with Crippen LogP contribution in [-0.4, -0.2) is 11.8 Å². The van der Waals surface area contributed by atoms with Gasteiger partial charge in [0.05, 0.1) is 0 Å². The van der Waals surface area contributed by atoms with Gasteiger partial charge in [0.25, 0.3) is 0 Å². The molecule has 0 heterocycles. The van der Waals surface area contributed by atoms with Crippen molar-refractivity contribution in [3.05, 3.63) is 23.6 Å². The van der Waals surface area contributed by atoms with Gasteiger partial charge in [-0.25, -0.2) is 9.87 Å². The van der Waals surface area contributed by atoms with Crippen LogP contribution < -0.4 is 5.48 Å². The van der Waals surface area contributed by atoms with Crippen LogP contribution in [0.5, 0.6) is 0 Å². The Balaban J connectivity index is 2.51. The highest BCUT2D eigenvalue weighted by atomic mass is 19.1. The predicted molar refractivity (Wildman–Crippen MR) is 36.3 cm³/mol. The minimum atomic E-state index is -0.198. The molecule has 0 spiro atoms. The number of allylic oxidation sites excluding steroid dienone is 3. The monoisotopic (exact) mass is 143 g/mol. The molecule has 0 aromatic rings. The van der Waals surface area contributed by atoms with E-state index in [0.29, 0.717) is 6.54 Å². The number of hydroxylamine groups is 1. The molecule has 0 atom stereocenters. The van der Waals surface area contributed by atoms with Crippen LogP contribution in [0.2, 0.25) is 0 Å². The molecule has 0 saturated carbocycles. The lowest BCUT2D eigenvalue weighted by molar-refractivity contribution is 0.176. The zero-order chi connectivity index (χ0) is 7.40. The van der Waals surface area contributed by atoms with Crippen LogP contribution in [0.25, 0.3) is 0 Å². The van der Waals surface area contributed by atoms with Gasteiger partial charge < -0.3 is 5.21 Å². The Hall–Kier alpha value is -0.670. The summed E-state index contributed by atoms with van der Waals surface area (Å²) in [5.74, 6) is -0.198. The summed E-state index contributed by atoms with van der Waals surface area (Å²) < 4.78 is 12.4. The molecule has 0 aliphatic heterocycles. The number of halogens is 1. The molecule has 2 N–H and O–H groups in total. The largest absolute Gasteiger partial charge is 0.317 e. The van der Waals surface area contributed by atoms with Crippen molar-refractivity contribution in [3.8, 4) is 0 Å². The Kier molecular flexibility index (Phi) is 2.59. The summed E-state index contributed by atoms with van der Waals surface area (Å²) in [6.07, 6.45) is 4.56. The van der Waals surface area contributed by atoms with Crippen molar-refractivity contribution in [1.82, 2.24) is 5.48 Å². The van der Waals surface area contributed by atoms with Crippen LogP contribution in [0.1, 0.15) is 12.8 Å². The average molecular weight is 143 g/mol. The summed E-state index contributed by atoms with van der Waals surface area (Å²) in [4.78, 5) is 0. The van der Waals surface area contributed by atoms with Crippen molar-refractivity contribution in [2.45, 2.75) is 12.8 Å². The Bertz CT molecular complexity index is 174. The smallest absolute Gasteiger partial charge is 0.119 e. The van der Waals surface area contributed by atoms with Gasteiger partial charge in [0.2, 0.25) is 0 Å². The summed E-state index contributed by atoms with van der Waals surface area (Å²) in [7, 11) is 0. The first-order valence-electron chi connectivity index (χ1n) is 3.25. The quantitative estimate of drug-likeness (QED) is 0.574. The van der Waals surface area contributed by atoms with E-state index in [1.807, 2.05) is 5.48 Å². The third-order valence-corrected chi connectivity index (χ3v) is 1.45. The molecule has 0 unspecified atom stereocenters. The highest BCUT2D eigenvalue weighted by molar-refractivity contribution is 5.23. The van der Waals surface area contributed by atoms with Crippen LogP contribution >= 0.6 is 0 Å². The van der Waals surface area contributed by atoms with Gasteiger partial charge in [-0.1, -0.05) is 5.57 Å². The van der Waals surface area contributed by atoms with Crippen molar-refractivity contribution in [1.29, 1.82) is 0 Å². The van der Waals surface area contributed by atoms with Crippen molar-refractivity contribution in [2.24, 2.45) is 0 Å². The second-order valence-electron chi connectivity index (χ2n) is 2.27. The second-order valence-corrected chi connectivity index (χ2v) is 2.27. The lowest BCUT2D eigenvalue weighted by Gasteiger charge is -2.07. The van der Waals surface area contributed by atoms with Gasteiger partial charge in [-0.2, -0.15) is 0 Å². The average Bonchev–Trinajstić information content (AvgIpc) is 1.88. The van der Waals surface area contributed by atoms with Crippen LogP contribution in [0.4, 0.5) is 4.39 Å². The highest BCUT2D eigenvalue weighted by Gasteiger charge is 2.02. The zero-order valence-corrected chi connectivity index (χ0v) is 5.60. The van der Waals surface area contributed by atoms with Gasteiger partial charge in [0.15, 0.2) is 0 Å². The first-order chi connectivity index (χ1) is 4.83. The van der Waals surface area contributed by atoms with E-state index in [1.165, 1.54) is 6.08 Å². The van der Waals surface area contributed by atoms with E-state index in [0.717, 1.165) is 18.4 Å². The van der Waals surface area contributed by atoms with E-state index in [-0.39, 0.29) is 5.83 Å². The summed E-state index contributed by atoms with van der Waals surface area (Å²) >= 11 is 0. The molecule has 56 valence electrons. The summed E-state index contributed by atoms with van der Waals surface area (Å²) in [5, 5.41) is 8.27. The lowest BCUT2D eigenvalue weighted by Crippen LogP contribution is -2.12. The van der Waals surface area contributed by atoms with Gasteiger partial charge in [-0.15, -0.1) is 0 Å². The zero-order valence-electron chi connectivity index (χ0n) is 5.60. The fraction of sp³-hybridized carbons (Fsp3) is 0.429. The van der Waals surface area contributed by atoms with Gasteiger partial charge in [0.1, 0.15) is 5.83 Å². The molecule has 0 radical (unpaired) electrons. The molecular formula is C7H10FNO. The van der Waals surface area contributed by atoms with E-state index in [2.05, 4.69) is 0 Å². The molecule has 2 nitrogen and oxygen atoms in total. The fourth-order valence-corrected chi connectivity index (χ4v) is 0.963. The summed E-state index contributed by atoms with van der Waals surface area (Å²) in [6, 6.07) is 0. The molecule has 0 bridgehead atoms. The van der Waals surface area contributed by atoms with E-state index in [4.69, 9.17) is 5.21 Å². The van der Waals surface area contributed by atoms with Crippen molar-refractivity contribution in [2.75, 3.05) is 6.54 Å². The first-order valence-corrected chi connectivity index (χ1v) is 3.25. The fourth-order valence-electron chi connectivity index (χ4n) is 0.963. The molecule has 1 aliphatic rings. The highest BCUT2D eigenvalue weighted by Crippen LogP contribution is 2.16. The Morgan fingerprint density at radius 2 is 2.50 bits per heavy atom. The first kappa shape index (κ1) is 7.44. The summed E-state index contributed by atoms with van der Waals surface area (Å²) in [6.45, 7) is 0.362. The second kappa shape index (κ2) is 3.49. The maximum absolute atomic E-state index is 12.4. The van der Waals surface area contributed by atoms with Crippen LogP contribution in [-0.2, 0) is 0 Å². The minimum absolute atomic E-state index is 0.198. The predicted octanol–water partition coefficient (Wildman–Crippen LogP) is 1.54. The Morgan fingerprint density at radius 1 is 1.70 bits per heavy atom. The van der Waals surface area contributed by atoms with Gasteiger partial charge >= 0.3 is 0 Å². The number of rotatable bonds is 2. The Labute approximate surface area is 59.0 Å². The van der Waals surface area contributed by atoms with E-state index >= 15 is 0 Å². The Morgan fingerprint density at radius 3 is 3.10 bits per heavy atom. The molecule has 3 heteroatoms. The minimum Gasteiger partial charge on any atom is -0.317 e.